The Morgan fingerprint density at radius 3 is 2.58 bits per heavy atom. The zero-order valence-corrected chi connectivity index (χ0v) is 12.9. The van der Waals surface area contributed by atoms with Crippen molar-refractivity contribution in [1.82, 2.24) is 5.16 Å². The number of aromatic nitrogens is 1. The molecule has 2 aromatic rings. The van der Waals surface area contributed by atoms with Gasteiger partial charge in [0.05, 0.1) is 38.5 Å². The molecule has 1 aliphatic carbocycles. The maximum absolute atomic E-state index is 6.22. The second kappa shape index (κ2) is 5.44. The Bertz CT molecular complexity index is 590. The number of nitrogens with zero attached hydrogens (tertiary/aromatic N) is 1. The maximum atomic E-state index is 6.22. The zero-order valence-electron chi connectivity index (χ0n) is 9.83. The summed E-state index contributed by atoms with van der Waals surface area (Å²) in [5.41, 5.74) is 2.27. The fourth-order valence-electron chi connectivity index (χ4n) is 2.10. The minimum atomic E-state index is 0.367. The van der Waals surface area contributed by atoms with Crippen LogP contribution in [0.1, 0.15) is 30.1 Å². The lowest BCUT2D eigenvalue weighted by atomic mass is 10.0. The van der Waals surface area contributed by atoms with Crippen LogP contribution in [-0.2, 0) is 10.4 Å². The fourth-order valence-corrected chi connectivity index (χ4v) is 2.91. The Hall–Kier alpha value is -0.550. The molecule has 0 saturated heterocycles. The van der Waals surface area contributed by atoms with Gasteiger partial charge in [-0.1, -0.05) is 34.4 Å². The third-order valence-electron chi connectivity index (χ3n) is 3.17. The van der Waals surface area contributed by atoms with Gasteiger partial charge in [-0.15, -0.1) is 0 Å². The highest BCUT2D eigenvalue weighted by atomic mass is 79.9. The summed E-state index contributed by atoms with van der Waals surface area (Å²) in [6.45, 7) is 0.367. The molecule has 1 saturated carbocycles. The van der Waals surface area contributed by atoms with Crippen LogP contribution >= 0.6 is 39.5 Å². The van der Waals surface area contributed by atoms with Crippen LogP contribution in [-0.4, -0.2) is 5.16 Å². The van der Waals surface area contributed by atoms with E-state index in [2.05, 4.69) is 21.4 Å². The molecule has 0 atom stereocenters. The number of rotatable bonds is 4. The van der Waals surface area contributed by atoms with Gasteiger partial charge < -0.3 is 8.35 Å². The Balaban J connectivity index is 2.14. The summed E-state index contributed by atoms with van der Waals surface area (Å²) in [5, 5.41) is 5.25. The molecule has 6 heteroatoms. The normalized spacial score (nSPS) is 14.9. The summed E-state index contributed by atoms with van der Waals surface area (Å²) < 4.78 is 10.5. The molecule has 1 fully saturated rings. The topological polar surface area (TPSA) is 35.3 Å². The molecule has 19 heavy (non-hydrogen) atoms. The molecule has 0 spiro atoms. The third-order valence-corrected chi connectivity index (χ3v) is 4.02. The van der Waals surface area contributed by atoms with Gasteiger partial charge in [0.15, 0.2) is 0 Å². The molecule has 0 aliphatic heterocycles. The van der Waals surface area contributed by atoms with Crippen LogP contribution in [0.3, 0.4) is 0 Å². The van der Waals surface area contributed by atoms with Gasteiger partial charge in [-0.2, -0.15) is 0 Å². The van der Waals surface area contributed by atoms with E-state index in [0.717, 1.165) is 24.2 Å². The minimum absolute atomic E-state index is 0.367. The summed E-state index contributed by atoms with van der Waals surface area (Å²) in [5.74, 6) is 1.32. The molecule has 3 rings (SSSR count). The minimum Gasteiger partial charge on any atom is -0.360 e. The van der Waals surface area contributed by atoms with Crippen molar-refractivity contribution in [2.75, 3.05) is 0 Å². The highest BCUT2D eigenvalue weighted by Gasteiger charge is 2.33. The summed E-state index contributed by atoms with van der Waals surface area (Å²) in [4.78, 5) is 0. The van der Waals surface area contributed by atoms with Crippen molar-refractivity contribution in [3.63, 3.8) is 0 Å². The fraction of sp³-hybridized carbons (Fsp3) is 0.308. The van der Waals surface area contributed by atoms with Crippen LogP contribution in [0.25, 0.3) is 11.3 Å². The molecule has 3 nitrogen and oxygen atoms in total. The predicted molar refractivity (Wildman–Crippen MR) is 77.7 cm³/mol. The molecule has 1 aromatic carbocycles. The molecule has 0 N–H and O–H groups in total. The molecule has 1 aromatic heterocycles. The molecular formula is C13H10BrCl2NO2. The lowest BCUT2D eigenvalue weighted by Crippen LogP contribution is -1.92. The lowest BCUT2D eigenvalue weighted by Gasteiger charge is -2.05. The lowest BCUT2D eigenvalue weighted by molar-refractivity contribution is 0.362. The second-order valence-electron chi connectivity index (χ2n) is 4.50. The van der Waals surface area contributed by atoms with Gasteiger partial charge in [-0.05, 0) is 25.0 Å². The zero-order chi connectivity index (χ0) is 13.4. The van der Waals surface area contributed by atoms with Gasteiger partial charge in [0.2, 0.25) is 0 Å². The van der Waals surface area contributed by atoms with Crippen molar-refractivity contribution in [1.29, 1.82) is 0 Å². The van der Waals surface area contributed by atoms with Crippen LogP contribution in [0.4, 0.5) is 0 Å². The van der Waals surface area contributed by atoms with Crippen LogP contribution < -0.4 is 0 Å². The molecule has 0 amide bonds. The van der Waals surface area contributed by atoms with E-state index in [1.54, 1.807) is 18.2 Å². The van der Waals surface area contributed by atoms with E-state index < -0.39 is 0 Å². The molecule has 100 valence electrons. The quantitative estimate of drug-likeness (QED) is 0.735. The second-order valence-corrected chi connectivity index (χ2v) is 5.77. The van der Waals surface area contributed by atoms with E-state index in [1.165, 1.54) is 0 Å². The van der Waals surface area contributed by atoms with Gasteiger partial charge in [-0.25, -0.2) is 0 Å². The SMILES string of the molecule is Clc1cccc(Cl)c1-c1noc(C2CC2)c1COBr. The summed E-state index contributed by atoms with van der Waals surface area (Å²) in [6, 6.07) is 5.37. The average molecular weight is 363 g/mol. The smallest absolute Gasteiger partial charge is 0.146 e. The number of benzene rings is 1. The molecule has 1 aliphatic rings. The first kappa shape index (κ1) is 13.4. The molecule has 0 bridgehead atoms. The maximum Gasteiger partial charge on any atom is 0.146 e. The Kier molecular flexibility index (Phi) is 3.85. The van der Waals surface area contributed by atoms with Crippen LogP contribution in [0.5, 0.6) is 0 Å². The van der Waals surface area contributed by atoms with Crippen molar-refractivity contribution >= 4 is 39.5 Å². The first-order valence-electron chi connectivity index (χ1n) is 5.88. The third kappa shape index (κ3) is 2.55. The van der Waals surface area contributed by atoms with Crippen LogP contribution in [0, 0.1) is 0 Å². The van der Waals surface area contributed by atoms with Crippen molar-refractivity contribution in [3.8, 4) is 11.3 Å². The summed E-state index contributed by atoms with van der Waals surface area (Å²) in [6.07, 6.45) is 2.25. The van der Waals surface area contributed by atoms with E-state index in [-0.39, 0.29) is 0 Å². The molecular weight excluding hydrogens is 353 g/mol. The van der Waals surface area contributed by atoms with Gasteiger partial charge in [0, 0.05) is 11.5 Å². The molecule has 0 radical (unpaired) electrons. The van der Waals surface area contributed by atoms with Crippen molar-refractivity contribution < 1.29 is 8.35 Å². The van der Waals surface area contributed by atoms with Gasteiger partial charge in [0.25, 0.3) is 0 Å². The van der Waals surface area contributed by atoms with E-state index in [9.17, 15) is 0 Å². The summed E-state index contributed by atoms with van der Waals surface area (Å²) >= 11 is 15.4. The largest absolute Gasteiger partial charge is 0.360 e. The Labute approximate surface area is 129 Å². The number of halogens is 3. The van der Waals surface area contributed by atoms with Crippen molar-refractivity contribution in [2.45, 2.75) is 25.4 Å². The van der Waals surface area contributed by atoms with Crippen LogP contribution in [0.2, 0.25) is 10.0 Å². The Morgan fingerprint density at radius 1 is 1.32 bits per heavy atom. The van der Waals surface area contributed by atoms with Crippen molar-refractivity contribution in [2.24, 2.45) is 0 Å². The monoisotopic (exact) mass is 361 g/mol. The van der Waals surface area contributed by atoms with E-state index in [0.29, 0.717) is 33.8 Å². The van der Waals surface area contributed by atoms with E-state index in [4.69, 9.17) is 31.6 Å². The Morgan fingerprint density at radius 2 is 2.00 bits per heavy atom. The van der Waals surface area contributed by atoms with E-state index in [1.807, 2.05) is 0 Å². The van der Waals surface area contributed by atoms with E-state index >= 15 is 0 Å². The van der Waals surface area contributed by atoms with Gasteiger partial charge >= 0.3 is 0 Å². The molecule has 0 unspecified atom stereocenters. The predicted octanol–water partition coefficient (Wildman–Crippen LogP) is 5.35. The van der Waals surface area contributed by atoms with Crippen molar-refractivity contribution in [3.05, 3.63) is 39.6 Å². The van der Waals surface area contributed by atoms with Crippen LogP contribution in [0.15, 0.2) is 22.7 Å². The van der Waals surface area contributed by atoms with Gasteiger partial charge in [-0.3, -0.25) is 0 Å². The highest BCUT2D eigenvalue weighted by Crippen LogP contribution is 2.46. The summed E-state index contributed by atoms with van der Waals surface area (Å²) in [7, 11) is 0. The number of hydrogen-bond acceptors (Lipinski definition) is 3. The highest BCUT2D eigenvalue weighted by molar-refractivity contribution is 9.06. The van der Waals surface area contributed by atoms with Gasteiger partial charge in [0.1, 0.15) is 11.5 Å². The number of hydrogen-bond donors (Lipinski definition) is 0. The average Bonchev–Trinajstić information content (AvgIpc) is 3.14. The standard InChI is InChI=1S/C13H10BrCl2NO2/c14-18-6-8-12(17-19-13(8)7-4-5-7)11-9(15)2-1-3-10(11)16/h1-3,7H,4-6H2. The first-order valence-corrected chi connectivity index (χ1v) is 7.29. The first-order chi connectivity index (χ1) is 9.22. The molecule has 1 heterocycles.